The molecule has 1 aromatic carbocycles. The van der Waals surface area contributed by atoms with Crippen LogP contribution in [0.15, 0.2) is 30.3 Å². The average molecular weight is 319 g/mol. The van der Waals surface area contributed by atoms with Crippen LogP contribution < -0.4 is 0 Å². The lowest BCUT2D eigenvalue weighted by molar-refractivity contribution is -0.139. The Hall–Kier alpha value is -1.28. The Balaban J connectivity index is 1.48. The molecule has 2 aliphatic carbocycles. The van der Waals surface area contributed by atoms with E-state index in [1.54, 1.807) is 6.08 Å². The molecule has 3 heteroatoms. The second kappa shape index (κ2) is 6.45. The highest BCUT2D eigenvalue weighted by atomic mass is 35.5. The van der Waals surface area contributed by atoms with Crippen LogP contribution in [0.1, 0.15) is 32.3 Å². The zero-order chi connectivity index (χ0) is 15.7. The molecule has 1 aromatic rings. The third kappa shape index (κ3) is 3.22. The van der Waals surface area contributed by atoms with Crippen molar-refractivity contribution in [3.8, 4) is 0 Å². The van der Waals surface area contributed by atoms with Crippen molar-refractivity contribution in [1.29, 1.82) is 0 Å². The first kappa shape index (κ1) is 15.6. The molecule has 5 unspecified atom stereocenters. The van der Waals surface area contributed by atoms with Crippen molar-refractivity contribution in [1.82, 2.24) is 0 Å². The normalized spacial score (nSPS) is 33.5. The van der Waals surface area contributed by atoms with Crippen LogP contribution in [0.2, 0.25) is 5.02 Å². The van der Waals surface area contributed by atoms with Gasteiger partial charge in [0.25, 0.3) is 0 Å². The summed E-state index contributed by atoms with van der Waals surface area (Å²) in [5.74, 6) is 3.50. The molecular formula is C19H23ClO2. The first-order valence-electron chi connectivity index (χ1n) is 8.15. The zero-order valence-corrected chi connectivity index (χ0v) is 13.9. The Bertz CT molecular complexity index is 561. The monoisotopic (exact) mass is 318 g/mol. The number of hydrogen-bond acceptors (Lipinski definition) is 2. The third-order valence-electron chi connectivity index (χ3n) is 5.76. The summed E-state index contributed by atoms with van der Waals surface area (Å²) in [6.45, 7) is 5.29. The van der Waals surface area contributed by atoms with E-state index >= 15 is 0 Å². The SMILES string of the molecule is CC1C2CC(COC(=O)C=Cc3ccc(Cl)cc3)C(C2)C1C. The zero-order valence-electron chi connectivity index (χ0n) is 13.2. The van der Waals surface area contributed by atoms with Gasteiger partial charge in [-0.25, -0.2) is 4.79 Å². The van der Waals surface area contributed by atoms with Gasteiger partial charge in [-0.1, -0.05) is 37.6 Å². The van der Waals surface area contributed by atoms with Crippen molar-refractivity contribution in [3.05, 3.63) is 40.9 Å². The fraction of sp³-hybridized carbons (Fsp3) is 0.526. The van der Waals surface area contributed by atoms with Crippen LogP contribution >= 0.6 is 11.6 Å². The van der Waals surface area contributed by atoms with Crippen LogP contribution in [0, 0.1) is 29.6 Å². The van der Waals surface area contributed by atoms with Gasteiger partial charge in [0, 0.05) is 11.1 Å². The highest BCUT2D eigenvalue weighted by Crippen LogP contribution is 2.54. The number of esters is 1. The van der Waals surface area contributed by atoms with Crippen molar-refractivity contribution in [3.63, 3.8) is 0 Å². The lowest BCUT2D eigenvalue weighted by Crippen LogP contribution is -2.28. The summed E-state index contributed by atoms with van der Waals surface area (Å²) in [5, 5.41) is 0.694. The summed E-state index contributed by atoms with van der Waals surface area (Å²) < 4.78 is 5.46. The predicted octanol–water partition coefficient (Wildman–Crippen LogP) is 4.82. The smallest absolute Gasteiger partial charge is 0.330 e. The first-order chi connectivity index (χ1) is 10.5. The number of hydrogen-bond donors (Lipinski definition) is 0. The number of halogens is 1. The third-order valence-corrected chi connectivity index (χ3v) is 6.01. The van der Waals surface area contributed by atoms with Gasteiger partial charge in [0.15, 0.2) is 0 Å². The molecule has 2 fully saturated rings. The largest absolute Gasteiger partial charge is 0.462 e. The number of ether oxygens (including phenoxy) is 1. The van der Waals surface area contributed by atoms with Gasteiger partial charge < -0.3 is 4.74 Å². The van der Waals surface area contributed by atoms with E-state index in [-0.39, 0.29) is 5.97 Å². The van der Waals surface area contributed by atoms with E-state index in [9.17, 15) is 4.79 Å². The molecule has 0 aliphatic heterocycles. The Morgan fingerprint density at radius 3 is 2.59 bits per heavy atom. The van der Waals surface area contributed by atoms with Gasteiger partial charge in [-0.05, 0) is 66.2 Å². The summed E-state index contributed by atoms with van der Waals surface area (Å²) in [6, 6.07) is 7.38. The minimum absolute atomic E-state index is 0.251. The Morgan fingerprint density at radius 2 is 1.95 bits per heavy atom. The van der Waals surface area contributed by atoms with Gasteiger partial charge in [0.05, 0.1) is 6.61 Å². The number of rotatable bonds is 4. The molecule has 2 nitrogen and oxygen atoms in total. The number of benzene rings is 1. The van der Waals surface area contributed by atoms with E-state index in [4.69, 9.17) is 16.3 Å². The molecule has 3 rings (SSSR count). The lowest BCUT2D eigenvalue weighted by atomic mass is 9.76. The van der Waals surface area contributed by atoms with Crippen molar-refractivity contribution in [2.24, 2.45) is 29.6 Å². The summed E-state index contributed by atoms with van der Waals surface area (Å²) in [5.41, 5.74) is 0.948. The van der Waals surface area contributed by atoms with Crippen LogP contribution in [0.5, 0.6) is 0 Å². The summed E-state index contributed by atoms with van der Waals surface area (Å²) in [7, 11) is 0. The van der Waals surface area contributed by atoms with Gasteiger partial charge in [-0.2, -0.15) is 0 Å². The van der Waals surface area contributed by atoms with E-state index in [0.717, 1.165) is 29.2 Å². The lowest BCUT2D eigenvalue weighted by Gasteiger charge is -2.31. The van der Waals surface area contributed by atoms with Gasteiger partial charge in [-0.15, -0.1) is 0 Å². The van der Waals surface area contributed by atoms with E-state index in [2.05, 4.69) is 13.8 Å². The van der Waals surface area contributed by atoms with Crippen molar-refractivity contribution < 1.29 is 9.53 Å². The molecule has 118 valence electrons. The van der Waals surface area contributed by atoms with Crippen LogP contribution in [0.25, 0.3) is 6.08 Å². The maximum Gasteiger partial charge on any atom is 0.330 e. The number of carbonyl (C=O) groups excluding carboxylic acids is 1. The molecule has 2 aliphatic rings. The van der Waals surface area contributed by atoms with Crippen LogP contribution in [0.4, 0.5) is 0 Å². The molecule has 2 bridgehead atoms. The molecule has 0 N–H and O–H groups in total. The Morgan fingerprint density at radius 1 is 1.23 bits per heavy atom. The maximum atomic E-state index is 11.9. The minimum Gasteiger partial charge on any atom is -0.462 e. The number of carbonyl (C=O) groups is 1. The van der Waals surface area contributed by atoms with Crippen LogP contribution in [0.3, 0.4) is 0 Å². The summed E-state index contributed by atoms with van der Waals surface area (Å²) in [6.07, 6.45) is 5.82. The van der Waals surface area contributed by atoms with Crippen LogP contribution in [-0.4, -0.2) is 12.6 Å². The van der Waals surface area contributed by atoms with Gasteiger partial charge in [0.1, 0.15) is 0 Å². The second-order valence-corrected chi connectivity index (χ2v) is 7.33. The highest BCUT2D eigenvalue weighted by molar-refractivity contribution is 6.30. The second-order valence-electron chi connectivity index (χ2n) is 6.89. The number of fused-ring (bicyclic) bond motifs is 2. The molecule has 22 heavy (non-hydrogen) atoms. The molecule has 0 amide bonds. The van der Waals surface area contributed by atoms with Gasteiger partial charge >= 0.3 is 5.97 Å². The fourth-order valence-electron chi connectivity index (χ4n) is 4.26. The predicted molar refractivity (Wildman–Crippen MR) is 89.5 cm³/mol. The Kier molecular flexibility index (Phi) is 4.58. The van der Waals surface area contributed by atoms with E-state index in [1.807, 2.05) is 24.3 Å². The highest BCUT2D eigenvalue weighted by Gasteiger charge is 2.48. The topological polar surface area (TPSA) is 26.3 Å². The molecule has 0 spiro atoms. The van der Waals surface area contributed by atoms with Crippen LogP contribution in [-0.2, 0) is 9.53 Å². The molecule has 0 aromatic heterocycles. The summed E-state index contributed by atoms with van der Waals surface area (Å²) in [4.78, 5) is 11.9. The van der Waals surface area contributed by atoms with Crippen molar-refractivity contribution in [2.75, 3.05) is 6.61 Å². The van der Waals surface area contributed by atoms with E-state index < -0.39 is 0 Å². The molecule has 5 atom stereocenters. The Labute approximate surface area is 137 Å². The van der Waals surface area contributed by atoms with Gasteiger partial charge in [0.2, 0.25) is 0 Å². The molecular weight excluding hydrogens is 296 g/mol. The molecule has 0 heterocycles. The van der Waals surface area contributed by atoms with Crippen molar-refractivity contribution in [2.45, 2.75) is 26.7 Å². The quantitative estimate of drug-likeness (QED) is 0.587. The first-order valence-corrected chi connectivity index (χ1v) is 8.53. The van der Waals surface area contributed by atoms with Crippen molar-refractivity contribution >= 4 is 23.6 Å². The standard InChI is InChI=1S/C19H23ClO2/c1-12-13(2)18-10-15(12)9-16(18)11-22-19(21)8-5-14-3-6-17(20)7-4-14/h3-8,12-13,15-16,18H,9-11H2,1-2H3. The molecule has 2 saturated carbocycles. The van der Waals surface area contributed by atoms with E-state index in [1.165, 1.54) is 18.9 Å². The van der Waals surface area contributed by atoms with E-state index in [0.29, 0.717) is 17.5 Å². The summed E-state index contributed by atoms with van der Waals surface area (Å²) >= 11 is 5.83. The molecule has 0 radical (unpaired) electrons. The molecule has 0 saturated heterocycles. The maximum absolute atomic E-state index is 11.9. The minimum atomic E-state index is -0.251. The van der Waals surface area contributed by atoms with Gasteiger partial charge in [-0.3, -0.25) is 0 Å². The average Bonchev–Trinajstić information content (AvgIpc) is 3.05. The fourth-order valence-corrected chi connectivity index (χ4v) is 4.39.